The van der Waals surface area contributed by atoms with Gasteiger partial charge in [0.15, 0.2) is 0 Å². The molecule has 0 atom stereocenters. The van der Waals surface area contributed by atoms with E-state index < -0.39 is 0 Å². The van der Waals surface area contributed by atoms with E-state index >= 15 is 0 Å². The highest BCUT2D eigenvalue weighted by Gasteiger charge is 2.19. The third-order valence-corrected chi connectivity index (χ3v) is 5.83. The summed E-state index contributed by atoms with van der Waals surface area (Å²) in [4.78, 5) is 0. The van der Waals surface area contributed by atoms with E-state index in [1.54, 1.807) is 26.4 Å². The van der Waals surface area contributed by atoms with Gasteiger partial charge >= 0.3 is 0 Å². The molecular formula is C30H30O4. The molecule has 0 saturated heterocycles. The van der Waals surface area contributed by atoms with Gasteiger partial charge in [-0.2, -0.15) is 0 Å². The van der Waals surface area contributed by atoms with Crippen molar-refractivity contribution in [3.05, 3.63) is 97.1 Å². The topological polar surface area (TPSA) is 36.9 Å². The van der Waals surface area contributed by atoms with Crippen LogP contribution in [-0.4, -0.2) is 27.4 Å². The Kier molecular flexibility index (Phi) is 7.63. The second-order valence-corrected chi connectivity index (χ2v) is 7.93. The van der Waals surface area contributed by atoms with Crippen LogP contribution < -0.4 is 9.47 Å². The van der Waals surface area contributed by atoms with Crippen LogP contribution in [0.25, 0.3) is 32.7 Å². The van der Waals surface area contributed by atoms with Gasteiger partial charge in [-0.1, -0.05) is 60.7 Å². The van der Waals surface area contributed by atoms with Gasteiger partial charge in [-0.05, 0) is 34.0 Å². The van der Waals surface area contributed by atoms with E-state index in [9.17, 15) is 0 Å². The van der Waals surface area contributed by atoms with Gasteiger partial charge in [-0.3, -0.25) is 0 Å². The molecule has 0 bridgehead atoms. The third-order valence-electron chi connectivity index (χ3n) is 5.83. The maximum absolute atomic E-state index is 5.84. The summed E-state index contributed by atoms with van der Waals surface area (Å²) in [6, 6.07) is 21.0. The summed E-state index contributed by atoms with van der Waals surface area (Å²) in [5, 5.41) is 4.31. The van der Waals surface area contributed by atoms with Crippen LogP contribution >= 0.6 is 0 Å². The quantitative estimate of drug-likeness (QED) is 0.179. The normalized spacial score (nSPS) is 11.0. The van der Waals surface area contributed by atoms with E-state index in [4.69, 9.17) is 18.9 Å². The summed E-state index contributed by atoms with van der Waals surface area (Å²) >= 11 is 0. The smallest absolute Gasteiger partial charge is 0.132 e. The Labute approximate surface area is 201 Å². The van der Waals surface area contributed by atoms with Crippen LogP contribution in [0.2, 0.25) is 0 Å². The number of ether oxygens (including phenoxy) is 4. The second-order valence-electron chi connectivity index (χ2n) is 7.93. The zero-order valence-electron chi connectivity index (χ0n) is 19.8. The van der Waals surface area contributed by atoms with Gasteiger partial charge in [0.1, 0.15) is 11.5 Å². The Hall–Kier alpha value is -3.60. The highest BCUT2D eigenvalue weighted by atomic mass is 16.5. The zero-order chi connectivity index (χ0) is 23.9. The molecule has 0 aliphatic rings. The molecule has 0 heterocycles. The van der Waals surface area contributed by atoms with E-state index in [0.717, 1.165) is 55.3 Å². The molecule has 4 heteroatoms. The molecule has 4 rings (SSSR count). The molecule has 0 aliphatic heterocycles. The Balaban J connectivity index is 2.01. The summed E-state index contributed by atoms with van der Waals surface area (Å²) in [7, 11) is 3.41. The lowest BCUT2D eigenvalue weighted by Gasteiger charge is -2.20. The van der Waals surface area contributed by atoms with Crippen molar-refractivity contribution >= 4 is 21.5 Å². The van der Waals surface area contributed by atoms with Crippen LogP contribution in [0, 0.1) is 0 Å². The van der Waals surface area contributed by atoms with Gasteiger partial charge in [0, 0.05) is 21.9 Å². The maximum atomic E-state index is 5.84. The van der Waals surface area contributed by atoms with Crippen molar-refractivity contribution in [1.29, 1.82) is 0 Å². The predicted octanol–water partition coefficient (Wildman–Crippen LogP) is 7.08. The van der Waals surface area contributed by atoms with E-state index in [0.29, 0.717) is 26.4 Å². The van der Waals surface area contributed by atoms with Crippen LogP contribution in [0.15, 0.2) is 86.0 Å². The lowest BCUT2D eigenvalue weighted by molar-refractivity contribution is 0.146. The minimum absolute atomic E-state index is 0.427. The van der Waals surface area contributed by atoms with Gasteiger partial charge in [0.2, 0.25) is 0 Å². The van der Waals surface area contributed by atoms with Crippen molar-refractivity contribution in [2.45, 2.75) is 13.2 Å². The average Bonchev–Trinajstić information content (AvgIpc) is 2.88. The molecule has 4 aromatic rings. The van der Waals surface area contributed by atoms with Gasteiger partial charge in [-0.15, -0.1) is 13.2 Å². The van der Waals surface area contributed by atoms with Crippen LogP contribution in [0.5, 0.6) is 11.5 Å². The molecule has 0 unspecified atom stereocenters. The first-order chi connectivity index (χ1) is 16.7. The number of benzene rings is 4. The number of fused-ring (bicyclic) bond motifs is 2. The van der Waals surface area contributed by atoms with Crippen molar-refractivity contribution in [2.75, 3.05) is 27.4 Å². The lowest BCUT2D eigenvalue weighted by Crippen LogP contribution is -2.01. The highest BCUT2D eigenvalue weighted by molar-refractivity contribution is 6.09. The monoisotopic (exact) mass is 454 g/mol. The molecule has 4 nitrogen and oxygen atoms in total. The van der Waals surface area contributed by atoms with E-state index in [-0.39, 0.29) is 0 Å². The lowest BCUT2D eigenvalue weighted by atomic mass is 9.90. The Morgan fingerprint density at radius 3 is 1.35 bits per heavy atom. The number of methoxy groups -OCH3 is 2. The standard InChI is InChI=1S/C30H30O4/c1-5-15-33-19-21-17-27(23-11-7-9-13-25(23)29(21)31-3)28-18-22(20-34-16-6-2)30(32-4)26-14-10-8-12-24(26)28/h5-14,17-18H,1-2,15-16,19-20H2,3-4H3. The molecule has 4 aromatic carbocycles. The summed E-state index contributed by atoms with van der Waals surface area (Å²) < 4.78 is 23.3. The molecule has 34 heavy (non-hydrogen) atoms. The van der Waals surface area contributed by atoms with Crippen molar-refractivity contribution in [1.82, 2.24) is 0 Å². The van der Waals surface area contributed by atoms with Gasteiger partial charge in [0.25, 0.3) is 0 Å². The zero-order valence-corrected chi connectivity index (χ0v) is 19.8. The summed E-state index contributed by atoms with van der Waals surface area (Å²) in [5.41, 5.74) is 4.19. The van der Waals surface area contributed by atoms with Crippen molar-refractivity contribution in [3.8, 4) is 22.6 Å². The number of hydrogen-bond donors (Lipinski definition) is 0. The van der Waals surface area contributed by atoms with E-state index in [1.165, 1.54) is 0 Å². The molecule has 0 radical (unpaired) electrons. The maximum Gasteiger partial charge on any atom is 0.132 e. The van der Waals surface area contributed by atoms with Crippen molar-refractivity contribution in [3.63, 3.8) is 0 Å². The summed E-state index contributed by atoms with van der Waals surface area (Å²) in [5.74, 6) is 1.66. The molecule has 0 fully saturated rings. The van der Waals surface area contributed by atoms with Crippen LogP contribution in [0.1, 0.15) is 11.1 Å². The second kappa shape index (κ2) is 11.0. The van der Waals surface area contributed by atoms with E-state index in [1.807, 2.05) is 12.1 Å². The first-order valence-electron chi connectivity index (χ1n) is 11.3. The first-order valence-corrected chi connectivity index (χ1v) is 11.3. The fraction of sp³-hybridized carbons (Fsp3) is 0.200. The minimum atomic E-state index is 0.427. The minimum Gasteiger partial charge on any atom is -0.496 e. The average molecular weight is 455 g/mol. The predicted molar refractivity (Wildman–Crippen MR) is 140 cm³/mol. The SMILES string of the molecule is C=CCOCc1cc(-c2cc(COCC=C)c(OC)c3ccccc23)c2ccccc2c1OC. The van der Waals surface area contributed by atoms with Gasteiger partial charge in [-0.25, -0.2) is 0 Å². The fourth-order valence-corrected chi connectivity index (χ4v) is 4.46. The highest BCUT2D eigenvalue weighted by Crippen LogP contribution is 2.43. The molecule has 0 aromatic heterocycles. The Bertz CT molecular complexity index is 1220. The van der Waals surface area contributed by atoms with Gasteiger partial charge in [0.05, 0.1) is 40.6 Å². The van der Waals surface area contributed by atoms with Crippen LogP contribution in [0.4, 0.5) is 0 Å². The fourth-order valence-electron chi connectivity index (χ4n) is 4.46. The molecule has 0 spiro atoms. The van der Waals surface area contributed by atoms with Crippen molar-refractivity contribution in [2.24, 2.45) is 0 Å². The summed E-state index contributed by atoms with van der Waals surface area (Å²) in [6.45, 7) is 9.31. The molecule has 0 amide bonds. The molecule has 174 valence electrons. The Morgan fingerprint density at radius 1 is 0.618 bits per heavy atom. The largest absolute Gasteiger partial charge is 0.496 e. The molecule has 0 aliphatic carbocycles. The van der Waals surface area contributed by atoms with Crippen molar-refractivity contribution < 1.29 is 18.9 Å². The third kappa shape index (κ3) is 4.56. The van der Waals surface area contributed by atoms with Crippen LogP contribution in [-0.2, 0) is 22.7 Å². The number of rotatable bonds is 11. The van der Waals surface area contributed by atoms with E-state index in [2.05, 4.69) is 61.7 Å². The van der Waals surface area contributed by atoms with Gasteiger partial charge < -0.3 is 18.9 Å². The molecular weight excluding hydrogens is 424 g/mol. The Morgan fingerprint density at radius 2 is 1.00 bits per heavy atom. The van der Waals surface area contributed by atoms with Crippen LogP contribution in [0.3, 0.4) is 0 Å². The molecule has 0 N–H and O–H groups in total. The summed E-state index contributed by atoms with van der Waals surface area (Å²) in [6.07, 6.45) is 3.50. The number of hydrogen-bond acceptors (Lipinski definition) is 4. The molecule has 0 saturated carbocycles. The first kappa shape index (κ1) is 23.6.